The number of hydrogen-bond acceptors (Lipinski definition) is 3. The SMILES string of the molecule is Cc1ccc(NC(=O)COc2ccccn2)cc1. The van der Waals surface area contributed by atoms with E-state index in [1.807, 2.05) is 31.2 Å². The van der Waals surface area contributed by atoms with Crippen molar-refractivity contribution in [2.75, 3.05) is 11.9 Å². The van der Waals surface area contributed by atoms with Crippen LogP contribution in [0.1, 0.15) is 5.56 Å². The lowest BCUT2D eigenvalue weighted by molar-refractivity contribution is -0.118. The van der Waals surface area contributed by atoms with Gasteiger partial charge in [0.2, 0.25) is 5.88 Å². The molecule has 0 aliphatic carbocycles. The number of carbonyl (C=O) groups excluding carboxylic acids is 1. The van der Waals surface area contributed by atoms with Gasteiger partial charge in [0, 0.05) is 18.0 Å². The molecule has 0 saturated heterocycles. The molecular formula is C14H14N2O2. The predicted octanol–water partition coefficient (Wildman–Crippen LogP) is 2.41. The van der Waals surface area contributed by atoms with Crippen molar-refractivity contribution < 1.29 is 9.53 Å². The first-order valence-electron chi connectivity index (χ1n) is 5.64. The predicted molar refractivity (Wildman–Crippen MR) is 69.5 cm³/mol. The van der Waals surface area contributed by atoms with Gasteiger partial charge < -0.3 is 10.1 Å². The summed E-state index contributed by atoms with van der Waals surface area (Å²) in [6, 6.07) is 12.9. The van der Waals surface area contributed by atoms with E-state index in [9.17, 15) is 4.79 Å². The average Bonchev–Trinajstić information content (AvgIpc) is 2.40. The van der Waals surface area contributed by atoms with Crippen LogP contribution in [0.15, 0.2) is 48.7 Å². The quantitative estimate of drug-likeness (QED) is 0.895. The first-order chi connectivity index (χ1) is 8.74. The van der Waals surface area contributed by atoms with Crippen LogP contribution in [-0.2, 0) is 4.79 Å². The summed E-state index contributed by atoms with van der Waals surface area (Å²) in [5, 5.41) is 2.75. The zero-order valence-electron chi connectivity index (χ0n) is 10.1. The highest BCUT2D eigenvalue weighted by Gasteiger charge is 2.03. The van der Waals surface area contributed by atoms with Gasteiger partial charge in [-0.2, -0.15) is 0 Å². The molecular weight excluding hydrogens is 228 g/mol. The number of anilines is 1. The lowest BCUT2D eigenvalue weighted by Gasteiger charge is -2.06. The summed E-state index contributed by atoms with van der Waals surface area (Å²) in [4.78, 5) is 15.6. The van der Waals surface area contributed by atoms with Crippen LogP contribution in [0.3, 0.4) is 0 Å². The molecule has 0 saturated carbocycles. The fourth-order valence-electron chi connectivity index (χ4n) is 1.41. The average molecular weight is 242 g/mol. The van der Waals surface area contributed by atoms with Crippen LogP contribution in [0.5, 0.6) is 5.88 Å². The monoisotopic (exact) mass is 242 g/mol. The number of aryl methyl sites for hydroxylation is 1. The van der Waals surface area contributed by atoms with Gasteiger partial charge in [0.15, 0.2) is 6.61 Å². The summed E-state index contributed by atoms with van der Waals surface area (Å²) in [6.45, 7) is 1.95. The summed E-state index contributed by atoms with van der Waals surface area (Å²) < 4.78 is 5.24. The normalized spacial score (nSPS) is 9.83. The Kier molecular flexibility index (Phi) is 3.91. The number of amides is 1. The number of carbonyl (C=O) groups is 1. The van der Waals surface area contributed by atoms with Crippen molar-refractivity contribution in [1.29, 1.82) is 0 Å². The molecule has 4 nitrogen and oxygen atoms in total. The second-order valence-electron chi connectivity index (χ2n) is 3.87. The van der Waals surface area contributed by atoms with E-state index >= 15 is 0 Å². The van der Waals surface area contributed by atoms with Crippen molar-refractivity contribution in [2.24, 2.45) is 0 Å². The molecule has 1 aromatic heterocycles. The van der Waals surface area contributed by atoms with Crippen LogP contribution < -0.4 is 10.1 Å². The number of rotatable bonds is 4. The van der Waals surface area contributed by atoms with Crippen molar-refractivity contribution in [2.45, 2.75) is 6.92 Å². The maximum absolute atomic E-state index is 11.6. The summed E-state index contributed by atoms with van der Waals surface area (Å²) in [5.74, 6) is 0.237. The Labute approximate surface area is 106 Å². The molecule has 0 radical (unpaired) electrons. The molecule has 1 amide bonds. The van der Waals surface area contributed by atoms with E-state index in [1.54, 1.807) is 24.4 Å². The summed E-state index contributed by atoms with van der Waals surface area (Å²) >= 11 is 0. The molecule has 0 spiro atoms. The maximum atomic E-state index is 11.6. The molecule has 1 aromatic carbocycles. The molecule has 0 aliphatic heterocycles. The van der Waals surface area contributed by atoms with Gasteiger partial charge in [-0.15, -0.1) is 0 Å². The number of pyridine rings is 1. The van der Waals surface area contributed by atoms with E-state index in [-0.39, 0.29) is 12.5 Å². The number of benzene rings is 1. The van der Waals surface area contributed by atoms with Gasteiger partial charge >= 0.3 is 0 Å². The van der Waals surface area contributed by atoms with Crippen LogP contribution >= 0.6 is 0 Å². The van der Waals surface area contributed by atoms with E-state index in [0.29, 0.717) is 5.88 Å². The van der Waals surface area contributed by atoms with Gasteiger partial charge in [-0.25, -0.2) is 4.98 Å². The highest BCUT2D eigenvalue weighted by molar-refractivity contribution is 5.91. The lowest BCUT2D eigenvalue weighted by atomic mass is 10.2. The molecule has 1 N–H and O–H groups in total. The number of hydrogen-bond donors (Lipinski definition) is 1. The van der Waals surface area contributed by atoms with Crippen molar-refractivity contribution in [3.8, 4) is 5.88 Å². The molecule has 0 bridgehead atoms. The zero-order valence-corrected chi connectivity index (χ0v) is 10.1. The minimum absolute atomic E-state index is 0.0507. The fraction of sp³-hybridized carbons (Fsp3) is 0.143. The van der Waals surface area contributed by atoms with E-state index in [0.717, 1.165) is 11.3 Å². The molecule has 0 unspecified atom stereocenters. The molecule has 2 aromatic rings. The molecule has 0 aliphatic rings. The van der Waals surface area contributed by atoms with Gasteiger partial charge in [0.25, 0.3) is 5.91 Å². The van der Waals surface area contributed by atoms with Crippen LogP contribution in [-0.4, -0.2) is 17.5 Å². The molecule has 1 heterocycles. The highest BCUT2D eigenvalue weighted by Crippen LogP contribution is 2.08. The maximum Gasteiger partial charge on any atom is 0.262 e. The summed E-state index contributed by atoms with van der Waals surface area (Å²) in [6.07, 6.45) is 1.62. The van der Waals surface area contributed by atoms with Crippen LogP contribution in [0.25, 0.3) is 0 Å². The first kappa shape index (κ1) is 12.1. The molecule has 0 atom stereocenters. The third kappa shape index (κ3) is 3.59. The summed E-state index contributed by atoms with van der Waals surface area (Å²) in [5.41, 5.74) is 1.91. The Bertz CT molecular complexity index is 509. The Morgan fingerprint density at radius 2 is 2.00 bits per heavy atom. The smallest absolute Gasteiger partial charge is 0.262 e. The van der Waals surface area contributed by atoms with Crippen molar-refractivity contribution in [3.63, 3.8) is 0 Å². The van der Waals surface area contributed by atoms with Crippen LogP contribution in [0.2, 0.25) is 0 Å². The third-order valence-corrected chi connectivity index (χ3v) is 2.32. The second kappa shape index (κ2) is 5.82. The van der Waals surface area contributed by atoms with Crippen molar-refractivity contribution in [3.05, 3.63) is 54.2 Å². The molecule has 0 fully saturated rings. The zero-order chi connectivity index (χ0) is 12.8. The largest absolute Gasteiger partial charge is 0.468 e. The number of nitrogens with zero attached hydrogens (tertiary/aromatic N) is 1. The molecule has 4 heteroatoms. The number of ether oxygens (including phenoxy) is 1. The van der Waals surface area contributed by atoms with E-state index in [4.69, 9.17) is 4.74 Å². The topological polar surface area (TPSA) is 51.2 Å². The fourth-order valence-corrected chi connectivity index (χ4v) is 1.41. The van der Waals surface area contributed by atoms with E-state index < -0.39 is 0 Å². The third-order valence-electron chi connectivity index (χ3n) is 2.32. The Morgan fingerprint density at radius 3 is 2.67 bits per heavy atom. The standard InChI is InChI=1S/C14H14N2O2/c1-11-5-7-12(8-6-11)16-13(17)10-18-14-4-2-3-9-15-14/h2-9H,10H2,1H3,(H,16,17). The minimum atomic E-state index is -0.204. The van der Waals surface area contributed by atoms with E-state index in [2.05, 4.69) is 10.3 Å². The Hall–Kier alpha value is -2.36. The van der Waals surface area contributed by atoms with Crippen LogP contribution in [0, 0.1) is 6.92 Å². The molecule has 2 rings (SSSR count). The second-order valence-corrected chi connectivity index (χ2v) is 3.87. The van der Waals surface area contributed by atoms with Crippen molar-refractivity contribution in [1.82, 2.24) is 4.98 Å². The highest BCUT2D eigenvalue weighted by atomic mass is 16.5. The van der Waals surface area contributed by atoms with Gasteiger partial charge in [-0.05, 0) is 25.1 Å². The first-order valence-corrected chi connectivity index (χ1v) is 5.64. The lowest BCUT2D eigenvalue weighted by Crippen LogP contribution is -2.20. The number of nitrogens with one attached hydrogen (secondary N) is 1. The van der Waals surface area contributed by atoms with Gasteiger partial charge in [-0.3, -0.25) is 4.79 Å². The van der Waals surface area contributed by atoms with Crippen molar-refractivity contribution >= 4 is 11.6 Å². The summed E-state index contributed by atoms with van der Waals surface area (Å²) in [7, 11) is 0. The van der Waals surface area contributed by atoms with Crippen LogP contribution in [0.4, 0.5) is 5.69 Å². The molecule has 92 valence electrons. The Morgan fingerprint density at radius 1 is 1.22 bits per heavy atom. The van der Waals surface area contributed by atoms with Gasteiger partial charge in [0.1, 0.15) is 0 Å². The van der Waals surface area contributed by atoms with E-state index in [1.165, 1.54) is 0 Å². The molecule has 18 heavy (non-hydrogen) atoms. The number of aromatic nitrogens is 1. The van der Waals surface area contributed by atoms with Gasteiger partial charge in [0.05, 0.1) is 0 Å². The minimum Gasteiger partial charge on any atom is -0.468 e. The van der Waals surface area contributed by atoms with Gasteiger partial charge in [-0.1, -0.05) is 23.8 Å². The Balaban J connectivity index is 1.84.